The summed E-state index contributed by atoms with van der Waals surface area (Å²) >= 11 is 0. The number of hydrogen-bond acceptors (Lipinski definition) is 8. The Hall–Kier alpha value is -3.06. The number of nitrogens with one attached hydrogen (secondary N) is 5. The molecule has 0 spiro atoms. The summed E-state index contributed by atoms with van der Waals surface area (Å²) in [6, 6.07) is -4.02. The van der Waals surface area contributed by atoms with Crippen molar-refractivity contribution in [2.75, 3.05) is 20.1 Å². The van der Waals surface area contributed by atoms with Crippen LogP contribution in [0.3, 0.4) is 0 Å². The number of rotatable bonds is 14. The third kappa shape index (κ3) is 10.8. The molecule has 40 heavy (non-hydrogen) atoms. The molecule has 7 N–H and O–H groups in total. The monoisotopic (exact) mass is 567 g/mol. The van der Waals surface area contributed by atoms with Crippen molar-refractivity contribution in [3.8, 4) is 0 Å². The molecule has 0 saturated carbocycles. The Balaban J connectivity index is 2.65. The van der Waals surface area contributed by atoms with Crippen molar-refractivity contribution < 1.29 is 28.8 Å². The molecule has 13 nitrogen and oxygen atoms in total. The quantitative estimate of drug-likeness (QED) is 0.141. The average molecular weight is 568 g/mol. The molecule has 13 heteroatoms. The normalized spacial score (nSPS) is 19.1. The van der Waals surface area contributed by atoms with Crippen LogP contribution in [-0.2, 0) is 28.8 Å². The Morgan fingerprint density at radius 1 is 0.975 bits per heavy atom. The molecule has 1 fully saturated rings. The Kier molecular flexibility index (Phi) is 13.7. The molecule has 1 aliphatic heterocycles. The van der Waals surface area contributed by atoms with Gasteiger partial charge in [-0.3, -0.25) is 24.0 Å². The van der Waals surface area contributed by atoms with Crippen molar-refractivity contribution in [2.24, 2.45) is 17.1 Å². The zero-order chi connectivity index (χ0) is 30.8. The maximum Gasteiger partial charge on any atom is 0.245 e. The minimum Gasteiger partial charge on any atom is -0.352 e. The Morgan fingerprint density at radius 2 is 1.60 bits per heavy atom. The Labute approximate surface area is 237 Å². The predicted octanol–water partition coefficient (Wildman–Crippen LogP) is -1.21. The van der Waals surface area contributed by atoms with Crippen molar-refractivity contribution in [3.63, 3.8) is 0 Å². The first-order valence-corrected chi connectivity index (χ1v) is 13.9. The van der Waals surface area contributed by atoms with E-state index in [0.717, 1.165) is 0 Å². The number of carbonyl (C=O) groups is 6. The van der Waals surface area contributed by atoms with E-state index in [0.29, 0.717) is 25.8 Å². The van der Waals surface area contributed by atoms with Crippen molar-refractivity contribution in [1.82, 2.24) is 31.5 Å². The smallest absolute Gasteiger partial charge is 0.245 e. The summed E-state index contributed by atoms with van der Waals surface area (Å²) in [5.41, 5.74) is 5.12. The highest BCUT2D eigenvalue weighted by molar-refractivity contribution is 5.91. The van der Waals surface area contributed by atoms with Crippen LogP contribution in [0, 0.1) is 11.3 Å². The molecule has 1 aliphatic rings. The maximum atomic E-state index is 13.2. The number of amides is 5. The molecule has 2 unspecified atom stereocenters. The van der Waals surface area contributed by atoms with Gasteiger partial charge in [-0.1, -0.05) is 34.6 Å². The predicted molar refractivity (Wildman–Crippen MR) is 151 cm³/mol. The van der Waals surface area contributed by atoms with Crippen molar-refractivity contribution in [1.29, 1.82) is 0 Å². The molecule has 6 atom stereocenters. The van der Waals surface area contributed by atoms with E-state index in [2.05, 4.69) is 26.6 Å². The van der Waals surface area contributed by atoms with E-state index >= 15 is 0 Å². The lowest BCUT2D eigenvalue weighted by atomic mass is 9.85. The summed E-state index contributed by atoms with van der Waals surface area (Å²) in [6.07, 6.45) is 1.18. The minimum atomic E-state index is -0.902. The van der Waals surface area contributed by atoms with Crippen LogP contribution in [0.2, 0.25) is 0 Å². The second-order valence-electron chi connectivity index (χ2n) is 12.0. The van der Waals surface area contributed by atoms with E-state index in [1.54, 1.807) is 39.6 Å². The van der Waals surface area contributed by atoms with Gasteiger partial charge >= 0.3 is 0 Å². The number of carbonyl (C=O) groups excluding carboxylic acids is 6. The van der Waals surface area contributed by atoms with Crippen LogP contribution < -0.4 is 32.3 Å². The average Bonchev–Trinajstić information content (AvgIpc) is 3.34. The molecular weight excluding hydrogens is 518 g/mol. The van der Waals surface area contributed by atoms with Gasteiger partial charge in [0.15, 0.2) is 0 Å². The summed E-state index contributed by atoms with van der Waals surface area (Å²) in [7, 11) is 1.63. The van der Waals surface area contributed by atoms with Gasteiger partial charge in [0.05, 0.1) is 18.1 Å². The van der Waals surface area contributed by atoms with Gasteiger partial charge < -0.3 is 42.0 Å². The van der Waals surface area contributed by atoms with E-state index in [4.69, 9.17) is 5.73 Å². The first kappa shape index (κ1) is 35.0. The summed E-state index contributed by atoms with van der Waals surface area (Å²) in [5, 5.41) is 13.7. The summed E-state index contributed by atoms with van der Waals surface area (Å²) in [6.45, 7) is 13.1. The number of hydrogen-bond donors (Lipinski definition) is 6. The second-order valence-corrected chi connectivity index (χ2v) is 12.0. The summed E-state index contributed by atoms with van der Waals surface area (Å²) < 4.78 is 0. The Bertz CT molecular complexity index is 918. The van der Waals surface area contributed by atoms with Crippen molar-refractivity contribution in [2.45, 2.75) is 104 Å². The van der Waals surface area contributed by atoms with Gasteiger partial charge in [-0.25, -0.2) is 0 Å². The molecule has 228 valence electrons. The van der Waals surface area contributed by atoms with Gasteiger partial charge in [-0.2, -0.15) is 0 Å². The van der Waals surface area contributed by atoms with Crippen LogP contribution in [0.25, 0.3) is 0 Å². The number of likely N-dealkylation sites (tertiary alicyclic amines) is 1. The van der Waals surface area contributed by atoms with Crippen molar-refractivity contribution >= 4 is 35.8 Å². The van der Waals surface area contributed by atoms with Crippen LogP contribution >= 0.6 is 0 Å². The molecule has 1 rings (SSSR count). The number of likely N-dealkylation sites (N-methyl/N-ethyl adjacent to an activating group) is 1. The molecule has 0 aromatic heterocycles. The van der Waals surface area contributed by atoms with Crippen LogP contribution in [-0.4, -0.2) is 97.1 Å². The number of nitrogens with two attached hydrogens (primary N) is 1. The van der Waals surface area contributed by atoms with Gasteiger partial charge in [0.2, 0.25) is 29.5 Å². The van der Waals surface area contributed by atoms with Crippen LogP contribution in [0.1, 0.15) is 67.7 Å². The molecular formula is C27H49N7O6. The van der Waals surface area contributed by atoms with E-state index in [-0.39, 0.29) is 42.5 Å². The fourth-order valence-corrected chi connectivity index (χ4v) is 4.16. The van der Waals surface area contributed by atoms with E-state index in [9.17, 15) is 28.8 Å². The zero-order valence-electron chi connectivity index (χ0n) is 25.1. The van der Waals surface area contributed by atoms with E-state index in [1.807, 2.05) is 20.8 Å². The minimum absolute atomic E-state index is 0.0152. The van der Waals surface area contributed by atoms with E-state index in [1.165, 1.54) is 0 Å². The van der Waals surface area contributed by atoms with Crippen LogP contribution in [0.5, 0.6) is 0 Å². The fraction of sp³-hybridized carbons (Fsp3) is 0.778. The van der Waals surface area contributed by atoms with Gasteiger partial charge in [0.25, 0.3) is 0 Å². The number of nitrogens with zero attached hydrogens (tertiary/aromatic N) is 1. The molecule has 0 aliphatic carbocycles. The van der Waals surface area contributed by atoms with Crippen molar-refractivity contribution in [3.05, 3.63) is 0 Å². The zero-order valence-corrected chi connectivity index (χ0v) is 25.1. The molecule has 1 saturated heterocycles. The highest BCUT2D eigenvalue weighted by Crippen LogP contribution is 2.23. The first-order valence-electron chi connectivity index (χ1n) is 13.9. The largest absolute Gasteiger partial charge is 0.352 e. The highest BCUT2D eigenvalue weighted by Gasteiger charge is 2.39. The molecule has 0 bridgehead atoms. The van der Waals surface area contributed by atoms with Crippen LogP contribution in [0.15, 0.2) is 0 Å². The molecule has 0 aromatic carbocycles. The summed E-state index contributed by atoms with van der Waals surface area (Å²) in [5.74, 6) is -2.02. The molecule has 0 radical (unpaired) electrons. The van der Waals surface area contributed by atoms with Gasteiger partial charge in [-0.15, -0.1) is 0 Å². The Morgan fingerprint density at radius 3 is 2.10 bits per heavy atom. The highest BCUT2D eigenvalue weighted by atomic mass is 16.2. The lowest BCUT2D eigenvalue weighted by Crippen LogP contribution is -2.57. The molecule has 1 heterocycles. The topological polar surface area (TPSA) is 192 Å². The maximum absolute atomic E-state index is 13.2. The van der Waals surface area contributed by atoms with Gasteiger partial charge in [0.1, 0.15) is 18.4 Å². The van der Waals surface area contributed by atoms with Gasteiger partial charge in [-0.05, 0) is 45.1 Å². The lowest BCUT2D eigenvalue weighted by Gasteiger charge is -2.34. The third-order valence-corrected chi connectivity index (χ3v) is 6.93. The molecule has 5 amide bonds. The first-order chi connectivity index (χ1) is 18.5. The SMILES string of the molecule is CN[C@H](C)C(=O)NC(C(=O)N[C@@H](C=O)CCC(=O)N[C@H]1CCN(C(=O)C(NC(=O)[C@H](C)N)C(C)(C)C)C1)C(C)C. The summed E-state index contributed by atoms with van der Waals surface area (Å²) in [4.78, 5) is 76.2. The molecule has 0 aromatic rings. The van der Waals surface area contributed by atoms with Crippen LogP contribution in [0.4, 0.5) is 0 Å². The number of aldehydes is 1. The van der Waals surface area contributed by atoms with Gasteiger partial charge in [0, 0.05) is 25.6 Å². The standard InChI is InChI=1S/C27H49N7O6/c1-15(2)21(32-24(38)17(4)29-8)25(39)31-19(14-35)9-10-20(36)30-18-11-12-34(13-18)26(40)22(27(5,6)7)33-23(37)16(3)28/h14-19,21-22,29H,9-13,28H2,1-8H3,(H,30,36)(H,31,39)(H,32,38)(H,33,37)/t16-,17+,18-,19+,21?,22?/m0/s1. The third-order valence-electron chi connectivity index (χ3n) is 6.93. The lowest BCUT2D eigenvalue weighted by molar-refractivity contribution is -0.139. The second kappa shape index (κ2) is 15.7. The fourth-order valence-electron chi connectivity index (χ4n) is 4.16. The van der Waals surface area contributed by atoms with E-state index < -0.39 is 47.4 Å².